The minimum atomic E-state index is 0.233. The zero-order chi connectivity index (χ0) is 14.8. The SMILES string of the molecule is CCC(C)c1ccc(Oc2nc(N)nc3sccc23)cc1. The highest BCUT2D eigenvalue weighted by Gasteiger charge is 2.10. The minimum Gasteiger partial charge on any atom is -0.438 e. The first-order valence-electron chi connectivity index (χ1n) is 6.96. The van der Waals surface area contributed by atoms with Gasteiger partial charge in [0.15, 0.2) is 0 Å². The van der Waals surface area contributed by atoms with Crippen molar-refractivity contribution in [1.29, 1.82) is 0 Å². The third-order valence-electron chi connectivity index (χ3n) is 3.58. The molecule has 21 heavy (non-hydrogen) atoms. The molecule has 0 saturated carbocycles. The smallest absolute Gasteiger partial charge is 0.232 e. The van der Waals surface area contributed by atoms with Gasteiger partial charge in [0.1, 0.15) is 10.6 Å². The van der Waals surface area contributed by atoms with E-state index in [4.69, 9.17) is 10.5 Å². The molecule has 0 saturated heterocycles. The summed E-state index contributed by atoms with van der Waals surface area (Å²) < 4.78 is 5.87. The van der Waals surface area contributed by atoms with Crippen molar-refractivity contribution in [3.63, 3.8) is 0 Å². The van der Waals surface area contributed by atoms with E-state index in [0.29, 0.717) is 11.8 Å². The highest BCUT2D eigenvalue weighted by molar-refractivity contribution is 7.16. The van der Waals surface area contributed by atoms with Crippen molar-refractivity contribution in [2.45, 2.75) is 26.2 Å². The first kappa shape index (κ1) is 13.8. The molecule has 0 amide bonds. The van der Waals surface area contributed by atoms with Gasteiger partial charge >= 0.3 is 0 Å². The lowest BCUT2D eigenvalue weighted by molar-refractivity contribution is 0.469. The molecule has 0 aliphatic carbocycles. The van der Waals surface area contributed by atoms with E-state index in [1.807, 2.05) is 23.6 Å². The molecule has 2 heterocycles. The zero-order valence-corrected chi connectivity index (χ0v) is 12.9. The first-order chi connectivity index (χ1) is 10.2. The van der Waals surface area contributed by atoms with Crippen LogP contribution in [-0.2, 0) is 0 Å². The number of hydrogen-bond acceptors (Lipinski definition) is 5. The van der Waals surface area contributed by atoms with Crippen LogP contribution in [0.4, 0.5) is 5.95 Å². The van der Waals surface area contributed by atoms with Crippen molar-refractivity contribution in [3.8, 4) is 11.6 Å². The normalized spacial score (nSPS) is 12.5. The molecule has 0 aliphatic rings. The molecule has 0 aliphatic heterocycles. The van der Waals surface area contributed by atoms with E-state index in [1.54, 1.807) is 0 Å². The molecule has 4 nitrogen and oxygen atoms in total. The molecule has 1 atom stereocenters. The Morgan fingerprint density at radius 2 is 1.95 bits per heavy atom. The number of rotatable bonds is 4. The van der Waals surface area contributed by atoms with E-state index in [0.717, 1.165) is 22.4 Å². The molecule has 5 heteroatoms. The summed E-state index contributed by atoms with van der Waals surface area (Å²) in [5.74, 6) is 2.05. The number of aromatic nitrogens is 2. The Kier molecular flexibility index (Phi) is 3.75. The van der Waals surface area contributed by atoms with Crippen LogP contribution in [0.3, 0.4) is 0 Å². The van der Waals surface area contributed by atoms with Crippen LogP contribution in [0.5, 0.6) is 11.6 Å². The number of anilines is 1. The van der Waals surface area contributed by atoms with Gasteiger partial charge in [-0.1, -0.05) is 26.0 Å². The van der Waals surface area contributed by atoms with Gasteiger partial charge in [0.25, 0.3) is 0 Å². The van der Waals surface area contributed by atoms with Crippen LogP contribution in [0.15, 0.2) is 35.7 Å². The molecular formula is C16H17N3OS. The maximum atomic E-state index is 5.87. The molecular weight excluding hydrogens is 282 g/mol. The van der Waals surface area contributed by atoms with Crippen LogP contribution in [0, 0.1) is 0 Å². The third-order valence-corrected chi connectivity index (χ3v) is 4.39. The summed E-state index contributed by atoms with van der Waals surface area (Å²) in [4.78, 5) is 9.23. The molecule has 0 bridgehead atoms. The lowest BCUT2D eigenvalue weighted by atomic mass is 9.99. The summed E-state index contributed by atoms with van der Waals surface area (Å²) >= 11 is 1.52. The monoisotopic (exact) mass is 299 g/mol. The third kappa shape index (κ3) is 2.83. The molecule has 108 valence electrons. The number of hydrogen-bond donors (Lipinski definition) is 1. The van der Waals surface area contributed by atoms with Crippen molar-refractivity contribution in [3.05, 3.63) is 41.3 Å². The van der Waals surface area contributed by atoms with Crippen molar-refractivity contribution < 1.29 is 4.74 Å². The Hall–Kier alpha value is -2.14. The van der Waals surface area contributed by atoms with Gasteiger partial charge in [0.2, 0.25) is 11.8 Å². The number of ether oxygens (including phenoxy) is 1. The Morgan fingerprint density at radius 3 is 2.67 bits per heavy atom. The predicted molar refractivity (Wildman–Crippen MR) is 87.0 cm³/mol. The van der Waals surface area contributed by atoms with E-state index >= 15 is 0 Å². The maximum absolute atomic E-state index is 5.87. The summed E-state index contributed by atoms with van der Waals surface area (Å²) in [6.07, 6.45) is 1.12. The second kappa shape index (κ2) is 5.69. The number of nitrogen functional groups attached to an aromatic ring is 1. The van der Waals surface area contributed by atoms with E-state index in [-0.39, 0.29) is 5.95 Å². The Labute approximate surface area is 127 Å². The lowest BCUT2D eigenvalue weighted by Crippen LogP contribution is -1.97. The lowest BCUT2D eigenvalue weighted by Gasteiger charge is -2.10. The van der Waals surface area contributed by atoms with Gasteiger partial charge in [-0.2, -0.15) is 4.98 Å². The average Bonchev–Trinajstić information content (AvgIpc) is 2.95. The van der Waals surface area contributed by atoms with Crippen LogP contribution in [0.25, 0.3) is 10.2 Å². The molecule has 0 radical (unpaired) electrons. The van der Waals surface area contributed by atoms with Crippen LogP contribution in [-0.4, -0.2) is 9.97 Å². The van der Waals surface area contributed by atoms with Crippen LogP contribution in [0.2, 0.25) is 0 Å². The van der Waals surface area contributed by atoms with E-state index in [9.17, 15) is 0 Å². The Bertz CT molecular complexity index is 752. The van der Waals surface area contributed by atoms with Gasteiger partial charge in [-0.15, -0.1) is 11.3 Å². The maximum Gasteiger partial charge on any atom is 0.232 e. The zero-order valence-electron chi connectivity index (χ0n) is 12.0. The number of thiophene rings is 1. The number of fused-ring (bicyclic) bond motifs is 1. The second-order valence-corrected chi connectivity index (χ2v) is 5.90. The largest absolute Gasteiger partial charge is 0.438 e. The highest BCUT2D eigenvalue weighted by atomic mass is 32.1. The molecule has 1 aromatic carbocycles. The van der Waals surface area contributed by atoms with Gasteiger partial charge in [0.05, 0.1) is 5.39 Å². The average molecular weight is 299 g/mol. The minimum absolute atomic E-state index is 0.233. The van der Waals surface area contributed by atoms with E-state index in [2.05, 4.69) is 35.9 Å². The summed E-state index contributed by atoms with van der Waals surface area (Å²) in [5, 5.41) is 2.85. The first-order valence-corrected chi connectivity index (χ1v) is 7.84. The summed E-state index contributed by atoms with van der Waals surface area (Å²) in [7, 11) is 0. The van der Waals surface area contributed by atoms with Gasteiger partial charge in [-0.3, -0.25) is 0 Å². The molecule has 0 fully saturated rings. The van der Waals surface area contributed by atoms with Crippen LogP contribution >= 0.6 is 11.3 Å². The molecule has 1 unspecified atom stereocenters. The van der Waals surface area contributed by atoms with Crippen LogP contribution in [0.1, 0.15) is 31.7 Å². The standard InChI is InChI=1S/C16H17N3OS/c1-3-10(2)11-4-6-12(7-5-11)20-14-13-8-9-21-15(13)19-16(17)18-14/h4-10H,3H2,1-2H3,(H2,17,18,19). The number of benzene rings is 1. The van der Waals surface area contributed by atoms with E-state index in [1.165, 1.54) is 16.9 Å². The number of nitrogens with zero attached hydrogens (tertiary/aromatic N) is 2. The van der Waals surface area contributed by atoms with Gasteiger partial charge in [0, 0.05) is 0 Å². The molecule has 3 aromatic rings. The van der Waals surface area contributed by atoms with Crippen molar-refractivity contribution in [1.82, 2.24) is 9.97 Å². The topological polar surface area (TPSA) is 61.0 Å². The fraction of sp³-hybridized carbons (Fsp3) is 0.250. The molecule has 0 spiro atoms. The van der Waals surface area contributed by atoms with Crippen molar-refractivity contribution in [2.24, 2.45) is 0 Å². The highest BCUT2D eigenvalue weighted by Crippen LogP contribution is 2.31. The van der Waals surface area contributed by atoms with Crippen molar-refractivity contribution >= 4 is 27.5 Å². The van der Waals surface area contributed by atoms with Gasteiger partial charge < -0.3 is 10.5 Å². The quantitative estimate of drug-likeness (QED) is 0.766. The van der Waals surface area contributed by atoms with Gasteiger partial charge in [-0.05, 0) is 41.5 Å². The van der Waals surface area contributed by atoms with E-state index < -0.39 is 0 Å². The Balaban J connectivity index is 1.90. The summed E-state index contributed by atoms with van der Waals surface area (Å²) in [6.45, 7) is 4.40. The second-order valence-electron chi connectivity index (χ2n) is 5.01. The fourth-order valence-electron chi connectivity index (χ4n) is 2.13. The summed E-state index contributed by atoms with van der Waals surface area (Å²) in [5.41, 5.74) is 7.04. The Morgan fingerprint density at radius 1 is 1.19 bits per heavy atom. The number of nitrogens with two attached hydrogens (primary N) is 1. The van der Waals surface area contributed by atoms with Crippen molar-refractivity contribution in [2.75, 3.05) is 5.73 Å². The molecule has 3 rings (SSSR count). The molecule has 2 N–H and O–H groups in total. The fourth-order valence-corrected chi connectivity index (χ4v) is 2.90. The van der Waals surface area contributed by atoms with Crippen LogP contribution < -0.4 is 10.5 Å². The van der Waals surface area contributed by atoms with Gasteiger partial charge in [-0.25, -0.2) is 4.98 Å². The summed E-state index contributed by atoms with van der Waals surface area (Å²) in [6, 6.07) is 10.1. The predicted octanol–water partition coefficient (Wildman–Crippen LogP) is 4.58. The molecule has 2 aromatic heterocycles.